The lowest BCUT2D eigenvalue weighted by atomic mass is 9.66. The van der Waals surface area contributed by atoms with Crippen LogP contribution < -0.4 is 14.2 Å². The second kappa shape index (κ2) is 8.45. The van der Waals surface area contributed by atoms with Crippen LogP contribution in [0.3, 0.4) is 0 Å². The molecule has 186 valence electrons. The van der Waals surface area contributed by atoms with Gasteiger partial charge in [-0.3, -0.25) is 14.4 Å². The van der Waals surface area contributed by atoms with Gasteiger partial charge in [0.2, 0.25) is 5.75 Å². The molecule has 1 aromatic rings. The summed E-state index contributed by atoms with van der Waals surface area (Å²) in [6, 6.07) is 3.28. The van der Waals surface area contributed by atoms with Gasteiger partial charge in [0.1, 0.15) is 12.7 Å². The molecule has 3 aliphatic rings. The highest BCUT2D eigenvalue weighted by Crippen LogP contribution is 2.66. The predicted octanol–water partition coefficient (Wildman–Crippen LogP) is 2.63. The minimum Gasteiger partial charge on any atom is -0.493 e. The number of methoxy groups -OCH3 is 2. The van der Waals surface area contributed by atoms with Crippen molar-refractivity contribution in [1.29, 1.82) is 0 Å². The molecule has 1 aliphatic carbocycles. The van der Waals surface area contributed by atoms with E-state index < -0.39 is 22.5 Å². The molecule has 0 spiro atoms. The van der Waals surface area contributed by atoms with Crippen molar-refractivity contribution in [3.8, 4) is 17.2 Å². The molecule has 3 unspecified atom stereocenters. The molecule has 2 bridgehead atoms. The molecule has 0 aromatic heterocycles. The quantitative estimate of drug-likeness (QED) is 0.438. The summed E-state index contributed by atoms with van der Waals surface area (Å²) < 4.78 is 28.4. The first-order valence-corrected chi connectivity index (χ1v) is 11.6. The van der Waals surface area contributed by atoms with Crippen molar-refractivity contribution in [3.05, 3.63) is 17.7 Å². The smallest absolute Gasteiger partial charge is 0.313 e. The molecule has 34 heavy (non-hydrogen) atoms. The molecule has 0 N–H and O–H groups in total. The van der Waals surface area contributed by atoms with Crippen LogP contribution in [0.2, 0.25) is 0 Å². The van der Waals surface area contributed by atoms with Gasteiger partial charge in [-0.1, -0.05) is 13.8 Å². The van der Waals surface area contributed by atoms with E-state index >= 15 is 0 Å². The standard InChI is InChI=1S/C25H33NO8/c1-15(27)17-7-8-18(30-5)20(31-6)19(17)33-14-16-13-26(11-12-32-16)21(28)25-10-9-24(4,22(29)34-25)23(25,2)3/h7-8,16H,9-14H2,1-6H3. The third-order valence-corrected chi connectivity index (χ3v) is 8.15. The number of carbonyl (C=O) groups excluding carboxylic acids is 3. The summed E-state index contributed by atoms with van der Waals surface area (Å²) in [4.78, 5) is 40.2. The molecule has 0 radical (unpaired) electrons. The second-order valence-corrected chi connectivity index (χ2v) is 9.96. The number of nitrogens with zero attached hydrogens (tertiary/aromatic N) is 1. The van der Waals surface area contributed by atoms with E-state index in [2.05, 4.69) is 0 Å². The Labute approximate surface area is 199 Å². The zero-order chi connectivity index (χ0) is 24.9. The number of ketones is 1. The number of carbonyl (C=O) groups is 3. The van der Waals surface area contributed by atoms with Crippen LogP contribution in [0, 0.1) is 10.8 Å². The molecule has 3 fully saturated rings. The van der Waals surface area contributed by atoms with Crippen molar-refractivity contribution < 1.29 is 38.1 Å². The number of esters is 1. The fourth-order valence-corrected chi connectivity index (χ4v) is 5.48. The summed E-state index contributed by atoms with van der Waals surface area (Å²) in [6.07, 6.45) is 0.714. The van der Waals surface area contributed by atoms with Gasteiger partial charge in [0.05, 0.1) is 38.3 Å². The zero-order valence-corrected chi connectivity index (χ0v) is 20.7. The van der Waals surface area contributed by atoms with Gasteiger partial charge >= 0.3 is 5.97 Å². The van der Waals surface area contributed by atoms with E-state index in [0.717, 1.165) is 0 Å². The normalized spacial score (nSPS) is 29.5. The van der Waals surface area contributed by atoms with Gasteiger partial charge in [0.25, 0.3) is 5.91 Å². The molecule has 4 rings (SSSR count). The molecular weight excluding hydrogens is 442 g/mol. The molecule has 1 aromatic carbocycles. The summed E-state index contributed by atoms with van der Waals surface area (Å²) in [7, 11) is 2.99. The van der Waals surface area contributed by atoms with E-state index in [0.29, 0.717) is 43.1 Å². The lowest BCUT2D eigenvalue weighted by molar-refractivity contribution is -0.178. The Bertz CT molecular complexity index is 1020. The first-order valence-electron chi connectivity index (χ1n) is 11.6. The first kappa shape index (κ1) is 24.3. The van der Waals surface area contributed by atoms with Crippen molar-refractivity contribution in [2.45, 2.75) is 52.2 Å². The lowest BCUT2D eigenvalue weighted by Crippen LogP contribution is -2.59. The van der Waals surface area contributed by atoms with E-state index in [1.807, 2.05) is 20.8 Å². The summed E-state index contributed by atoms with van der Waals surface area (Å²) in [6.45, 7) is 8.35. The van der Waals surface area contributed by atoms with Gasteiger partial charge in [-0.05, 0) is 38.8 Å². The molecule has 2 aliphatic heterocycles. The van der Waals surface area contributed by atoms with Crippen LogP contribution in [0.15, 0.2) is 12.1 Å². The van der Waals surface area contributed by atoms with Crippen molar-refractivity contribution in [2.75, 3.05) is 40.5 Å². The number of rotatable bonds is 7. The number of amides is 1. The first-order chi connectivity index (χ1) is 16.0. The van der Waals surface area contributed by atoms with Crippen LogP contribution in [-0.2, 0) is 19.1 Å². The number of benzene rings is 1. The van der Waals surface area contributed by atoms with Crippen LogP contribution in [0.1, 0.15) is 50.9 Å². The van der Waals surface area contributed by atoms with E-state index in [4.69, 9.17) is 23.7 Å². The average Bonchev–Trinajstić information content (AvgIpc) is 3.11. The summed E-state index contributed by atoms with van der Waals surface area (Å²) in [5.74, 6) is 0.388. The maximum atomic E-state index is 13.7. The molecule has 2 saturated heterocycles. The van der Waals surface area contributed by atoms with Crippen LogP contribution in [0.5, 0.6) is 17.2 Å². The highest BCUT2D eigenvalue weighted by Gasteiger charge is 2.76. The largest absolute Gasteiger partial charge is 0.493 e. The van der Waals surface area contributed by atoms with Crippen molar-refractivity contribution >= 4 is 17.7 Å². The van der Waals surface area contributed by atoms with Gasteiger partial charge in [-0.15, -0.1) is 0 Å². The highest BCUT2D eigenvalue weighted by atomic mass is 16.6. The van der Waals surface area contributed by atoms with E-state index in [-0.39, 0.29) is 36.6 Å². The van der Waals surface area contributed by atoms with E-state index in [1.54, 1.807) is 17.0 Å². The fraction of sp³-hybridized carbons (Fsp3) is 0.640. The Morgan fingerprint density at radius 3 is 2.41 bits per heavy atom. The number of Topliss-reactive ketones (excluding diaryl/α,β-unsaturated/α-hetero) is 1. The number of hydrogen-bond donors (Lipinski definition) is 0. The van der Waals surface area contributed by atoms with Gasteiger partial charge in [-0.25, -0.2) is 0 Å². The van der Waals surface area contributed by atoms with Crippen molar-refractivity contribution in [1.82, 2.24) is 4.90 Å². The maximum Gasteiger partial charge on any atom is 0.313 e. The molecule has 1 saturated carbocycles. The number of ether oxygens (including phenoxy) is 5. The van der Waals surface area contributed by atoms with Crippen LogP contribution in [-0.4, -0.2) is 74.8 Å². The number of fused-ring (bicyclic) bond motifs is 2. The summed E-state index contributed by atoms with van der Waals surface area (Å²) in [5.41, 5.74) is -2.06. The van der Waals surface area contributed by atoms with Crippen molar-refractivity contribution in [2.24, 2.45) is 10.8 Å². The fourth-order valence-electron chi connectivity index (χ4n) is 5.48. The highest BCUT2D eigenvalue weighted by molar-refractivity contribution is 5.98. The molecule has 2 heterocycles. The SMILES string of the molecule is COc1ccc(C(C)=O)c(OCC2CN(C(=O)C34CCC(C)(C(=O)O3)C4(C)C)CCO2)c1OC. The Balaban J connectivity index is 1.51. The summed E-state index contributed by atoms with van der Waals surface area (Å²) in [5, 5.41) is 0. The lowest BCUT2D eigenvalue weighted by Gasteiger charge is -2.41. The van der Waals surface area contributed by atoms with Crippen molar-refractivity contribution in [3.63, 3.8) is 0 Å². The van der Waals surface area contributed by atoms with E-state index in [1.165, 1.54) is 21.1 Å². The minimum atomic E-state index is -1.15. The van der Waals surface area contributed by atoms with Crippen LogP contribution in [0.25, 0.3) is 0 Å². The average molecular weight is 476 g/mol. The Kier molecular flexibility index (Phi) is 6.04. The second-order valence-electron chi connectivity index (χ2n) is 9.96. The van der Waals surface area contributed by atoms with Crippen LogP contribution in [0.4, 0.5) is 0 Å². The summed E-state index contributed by atoms with van der Waals surface area (Å²) >= 11 is 0. The third-order valence-electron chi connectivity index (χ3n) is 8.15. The van der Waals surface area contributed by atoms with Gasteiger partial charge in [-0.2, -0.15) is 0 Å². The topological polar surface area (TPSA) is 101 Å². The minimum absolute atomic E-state index is 0.0987. The molecular formula is C25H33NO8. The zero-order valence-electron chi connectivity index (χ0n) is 20.7. The third kappa shape index (κ3) is 3.35. The Hall–Kier alpha value is -2.81. The predicted molar refractivity (Wildman–Crippen MR) is 121 cm³/mol. The van der Waals surface area contributed by atoms with Gasteiger partial charge in [0, 0.05) is 12.0 Å². The Morgan fingerprint density at radius 2 is 1.85 bits per heavy atom. The van der Waals surface area contributed by atoms with Crippen LogP contribution >= 0.6 is 0 Å². The van der Waals surface area contributed by atoms with Gasteiger partial charge in [0.15, 0.2) is 22.9 Å². The number of hydrogen-bond acceptors (Lipinski definition) is 8. The Morgan fingerprint density at radius 1 is 1.12 bits per heavy atom. The molecule has 9 heteroatoms. The number of morpholine rings is 1. The molecule has 3 atom stereocenters. The molecule has 9 nitrogen and oxygen atoms in total. The van der Waals surface area contributed by atoms with E-state index in [9.17, 15) is 14.4 Å². The monoisotopic (exact) mass is 475 g/mol. The molecule has 1 amide bonds. The van der Waals surface area contributed by atoms with Gasteiger partial charge < -0.3 is 28.6 Å². The maximum absolute atomic E-state index is 13.7.